The van der Waals surface area contributed by atoms with Gasteiger partial charge < -0.3 is 4.55 Å². The number of halogens is 3. The molecule has 1 aliphatic heterocycles. The van der Waals surface area contributed by atoms with Crippen LogP contribution in [0.25, 0.3) is 0 Å². The molecule has 2 heterocycles. The van der Waals surface area contributed by atoms with E-state index in [0.717, 1.165) is 17.9 Å². The lowest BCUT2D eigenvalue weighted by Gasteiger charge is -2.10. The molecule has 4 rings (SSSR count). The van der Waals surface area contributed by atoms with Crippen LogP contribution in [-0.4, -0.2) is 30.1 Å². The van der Waals surface area contributed by atoms with Gasteiger partial charge >= 0.3 is 5.51 Å². The molecule has 2 aliphatic carbocycles. The van der Waals surface area contributed by atoms with Crippen molar-refractivity contribution in [1.82, 2.24) is 0 Å². The number of alkyl halides is 3. The SMILES string of the molecule is CC1(C)C2CC3N([n+]4ccccc4)C3(C)CC21.O=S(=O)([O-])C(F)(F)F. The first-order chi connectivity index (χ1) is 11.3. The smallest absolute Gasteiger partial charge is 0.485 e. The van der Waals surface area contributed by atoms with Gasteiger partial charge in [0.15, 0.2) is 22.5 Å². The van der Waals surface area contributed by atoms with Crippen LogP contribution in [0.5, 0.6) is 0 Å². The Morgan fingerprint density at radius 1 is 1.12 bits per heavy atom. The van der Waals surface area contributed by atoms with E-state index >= 15 is 0 Å². The van der Waals surface area contributed by atoms with Gasteiger partial charge in [0.2, 0.25) is 0 Å². The first-order valence-corrected chi connectivity index (χ1v) is 9.49. The van der Waals surface area contributed by atoms with E-state index in [0.29, 0.717) is 11.0 Å². The Kier molecular flexibility index (Phi) is 3.93. The molecule has 2 saturated carbocycles. The van der Waals surface area contributed by atoms with E-state index in [2.05, 4.69) is 61.0 Å². The molecule has 0 aromatic carbocycles. The second-order valence-electron chi connectivity index (χ2n) is 7.85. The lowest BCUT2D eigenvalue weighted by Crippen LogP contribution is -2.48. The maximum absolute atomic E-state index is 10.7. The highest BCUT2D eigenvalue weighted by atomic mass is 32.2. The van der Waals surface area contributed by atoms with E-state index < -0.39 is 15.6 Å². The van der Waals surface area contributed by atoms with Crippen molar-refractivity contribution in [1.29, 1.82) is 0 Å². The van der Waals surface area contributed by atoms with E-state index in [-0.39, 0.29) is 0 Å². The van der Waals surface area contributed by atoms with Gasteiger partial charge in [-0.05, 0) is 37.0 Å². The number of nitrogens with zero attached hydrogens (tertiary/aromatic N) is 2. The minimum absolute atomic E-state index is 0.432. The highest BCUT2D eigenvalue weighted by Crippen LogP contribution is 2.70. The van der Waals surface area contributed by atoms with Crippen molar-refractivity contribution < 1.29 is 30.8 Å². The molecule has 4 atom stereocenters. The fraction of sp³-hybridized carbons (Fsp3) is 0.688. The number of hydrogen-bond acceptors (Lipinski definition) is 4. The molecule has 25 heavy (non-hydrogen) atoms. The first-order valence-electron chi connectivity index (χ1n) is 8.08. The molecule has 3 fully saturated rings. The number of hydrogen-bond donors (Lipinski definition) is 0. The van der Waals surface area contributed by atoms with Crippen molar-refractivity contribution >= 4 is 10.1 Å². The third kappa shape index (κ3) is 3.01. The topological polar surface area (TPSA) is 64.1 Å². The van der Waals surface area contributed by atoms with E-state index in [4.69, 9.17) is 13.0 Å². The first kappa shape index (κ1) is 18.4. The molecule has 0 spiro atoms. The Balaban J connectivity index is 0.000000197. The summed E-state index contributed by atoms with van der Waals surface area (Å²) < 4.78 is 61.2. The van der Waals surface area contributed by atoms with Crippen molar-refractivity contribution in [2.45, 2.75) is 50.7 Å². The quantitative estimate of drug-likeness (QED) is 0.325. The third-order valence-electron chi connectivity index (χ3n) is 6.10. The van der Waals surface area contributed by atoms with Crippen LogP contribution < -0.4 is 9.69 Å². The molecule has 0 radical (unpaired) electrons. The molecule has 4 unspecified atom stereocenters. The Labute approximate surface area is 145 Å². The van der Waals surface area contributed by atoms with Crippen LogP contribution in [0.4, 0.5) is 13.2 Å². The number of fused-ring (bicyclic) bond motifs is 2. The predicted octanol–water partition coefficient (Wildman–Crippen LogP) is 2.17. The zero-order valence-electron chi connectivity index (χ0n) is 14.2. The molecule has 5 nitrogen and oxygen atoms in total. The molecular formula is C16H21F3N2O3S. The highest BCUT2D eigenvalue weighted by Gasteiger charge is 2.76. The van der Waals surface area contributed by atoms with Gasteiger partial charge in [0.1, 0.15) is 11.6 Å². The zero-order valence-corrected chi connectivity index (χ0v) is 15.0. The fourth-order valence-corrected chi connectivity index (χ4v) is 4.44. The summed E-state index contributed by atoms with van der Waals surface area (Å²) in [6.45, 7) is 7.36. The van der Waals surface area contributed by atoms with Gasteiger partial charge in [0, 0.05) is 12.1 Å². The normalized spacial score (nSPS) is 35.0. The van der Waals surface area contributed by atoms with Crippen molar-refractivity contribution in [3.05, 3.63) is 30.6 Å². The molecular weight excluding hydrogens is 357 g/mol. The molecule has 3 aliphatic rings. The third-order valence-corrected chi connectivity index (χ3v) is 6.67. The Morgan fingerprint density at radius 2 is 1.64 bits per heavy atom. The van der Waals surface area contributed by atoms with Gasteiger partial charge in [-0.25, -0.2) is 8.42 Å². The lowest BCUT2D eigenvalue weighted by molar-refractivity contribution is -0.681. The summed E-state index contributed by atoms with van der Waals surface area (Å²) in [5.41, 5.74) is -4.59. The van der Waals surface area contributed by atoms with Crippen molar-refractivity contribution in [2.24, 2.45) is 17.3 Å². The van der Waals surface area contributed by atoms with E-state index in [1.165, 1.54) is 12.8 Å². The van der Waals surface area contributed by atoms with E-state index in [1.807, 2.05) is 0 Å². The molecule has 0 bridgehead atoms. The maximum atomic E-state index is 10.7. The van der Waals surface area contributed by atoms with E-state index in [9.17, 15) is 13.2 Å². The van der Waals surface area contributed by atoms with Gasteiger partial charge in [-0.15, -0.1) is 0 Å². The van der Waals surface area contributed by atoms with Crippen molar-refractivity contribution in [3.8, 4) is 0 Å². The van der Waals surface area contributed by atoms with Crippen LogP contribution in [0, 0.1) is 17.3 Å². The molecule has 0 N–H and O–H groups in total. The summed E-state index contributed by atoms with van der Waals surface area (Å²) in [5, 5.41) is 2.58. The summed E-state index contributed by atoms with van der Waals surface area (Å²) >= 11 is 0. The average molecular weight is 378 g/mol. The summed E-state index contributed by atoms with van der Waals surface area (Å²) in [4.78, 5) is 0. The summed E-state index contributed by atoms with van der Waals surface area (Å²) in [5.74, 6) is 1.95. The van der Waals surface area contributed by atoms with Crippen molar-refractivity contribution in [3.63, 3.8) is 0 Å². The zero-order chi connectivity index (χ0) is 18.8. The van der Waals surface area contributed by atoms with Gasteiger partial charge in [-0.3, -0.25) is 0 Å². The second kappa shape index (κ2) is 5.33. The molecule has 9 heteroatoms. The number of pyridine rings is 1. The van der Waals surface area contributed by atoms with E-state index in [1.54, 1.807) is 0 Å². The summed E-state index contributed by atoms with van der Waals surface area (Å²) in [6, 6.07) is 7.11. The van der Waals surface area contributed by atoms with Crippen LogP contribution in [0.15, 0.2) is 30.6 Å². The standard InChI is InChI=1S/C15H21N2.CHF3O3S/c1-14(2)11-9-13-15(3,10-12(11)14)17(13)16-7-5-4-6-8-16;2-1(3,4)8(5,6)7/h4-8,11-13H,9-10H2,1-3H3;(H,5,6,7)/q+1;/p-1. The molecule has 1 aromatic rings. The number of rotatable bonds is 1. The Hall–Kier alpha value is -1.35. The Morgan fingerprint density at radius 3 is 2.08 bits per heavy atom. The van der Waals surface area contributed by atoms with Crippen LogP contribution in [0.2, 0.25) is 0 Å². The highest BCUT2D eigenvalue weighted by molar-refractivity contribution is 7.86. The van der Waals surface area contributed by atoms with Crippen LogP contribution >= 0.6 is 0 Å². The largest absolute Gasteiger partial charge is 0.741 e. The fourth-order valence-electron chi connectivity index (χ4n) is 4.44. The molecule has 0 amide bonds. The molecule has 1 saturated heterocycles. The summed E-state index contributed by atoms with van der Waals surface area (Å²) in [7, 11) is -6.09. The number of aromatic nitrogens is 1. The van der Waals surface area contributed by atoms with Gasteiger partial charge in [0.25, 0.3) is 0 Å². The molecule has 140 valence electrons. The van der Waals surface area contributed by atoms with Gasteiger partial charge in [0.05, 0.1) is 0 Å². The minimum Gasteiger partial charge on any atom is -0.741 e. The molecule has 1 aromatic heterocycles. The van der Waals surface area contributed by atoms with Crippen LogP contribution in [-0.2, 0) is 10.1 Å². The van der Waals surface area contributed by atoms with Crippen molar-refractivity contribution in [2.75, 3.05) is 5.01 Å². The minimum atomic E-state index is -6.09. The van der Waals surface area contributed by atoms with Crippen LogP contribution in [0.1, 0.15) is 33.6 Å². The van der Waals surface area contributed by atoms with Gasteiger partial charge in [-0.1, -0.05) is 24.6 Å². The average Bonchev–Trinajstić information content (AvgIpc) is 3.26. The lowest BCUT2D eigenvalue weighted by atomic mass is 9.91. The predicted molar refractivity (Wildman–Crippen MR) is 82.8 cm³/mol. The maximum Gasteiger partial charge on any atom is 0.485 e. The monoisotopic (exact) mass is 378 g/mol. The second-order valence-corrected chi connectivity index (χ2v) is 9.22. The van der Waals surface area contributed by atoms with Crippen LogP contribution in [0.3, 0.4) is 0 Å². The van der Waals surface area contributed by atoms with Gasteiger partial charge in [-0.2, -0.15) is 18.2 Å². The summed E-state index contributed by atoms with van der Waals surface area (Å²) in [6.07, 6.45) is 7.15. The Bertz CT molecular complexity index is 767.